The highest BCUT2D eigenvalue weighted by Gasteiger charge is 2.46. The van der Waals surface area contributed by atoms with Crippen LogP contribution in [-0.4, -0.2) is 70.9 Å². The molecule has 0 bridgehead atoms. The molecule has 4 rings (SSSR count). The van der Waals surface area contributed by atoms with Gasteiger partial charge in [-0.2, -0.15) is 8.78 Å². The highest BCUT2D eigenvalue weighted by molar-refractivity contribution is 6.44. The van der Waals surface area contributed by atoms with E-state index in [9.17, 15) is 28.0 Å². The minimum atomic E-state index is -4.09. The van der Waals surface area contributed by atoms with Crippen molar-refractivity contribution in [3.63, 3.8) is 0 Å². The number of hydrogen-bond acceptors (Lipinski definition) is 4. The van der Waals surface area contributed by atoms with Gasteiger partial charge in [0.15, 0.2) is 0 Å². The average Bonchev–Trinajstić information content (AvgIpc) is 3.14. The van der Waals surface area contributed by atoms with Gasteiger partial charge in [0, 0.05) is 29.1 Å². The van der Waals surface area contributed by atoms with Gasteiger partial charge in [0.25, 0.3) is 11.8 Å². The van der Waals surface area contributed by atoms with Crippen LogP contribution in [0.1, 0.15) is 39.9 Å². The van der Waals surface area contributed by atoms with Crippen molar-refractivity contribution in [3.05, 3.63) is 63.7 Å². The second-order valence-electron chi connectivity index (χ2n) is 8.58. The third-order valence-corrected chi connectivity index (χ3v) is 6.46. The molecule has 1 fully saturated rings. The topological polar surface area (TPSA) is 86.8 Å². The van der Waals surface area contributed by atoms with Crippen molar-refractivity contribution >= 4 is 72.2 Å². The SMILES string of the molecule is [B]c1cc(C([B])([B])N([B])C(=O)C(F)(F)c2ccc(Cl)cc2)cc2c1C(=O)N(C1CCC(=O)NC1=O)C2. The van der Waals surface area contributed by atoms with Gasteiger partial charge in [-0.1, -0.05) is 41.3 Å². The maximum absolute atomic E-state index is 14.9. The number of alkyl halides is 2. The van der Waals surface area contributed by atoms with E-state index in [1.54, 1.807) is 0 Å². The highest BCUT2D eigenvalue weighted by atomic mass is 35.5. The number of nitrogens with one attached hydrogen (secondary N) is 1. The van der Waals surface area contributed by atoms with E-state index in [0.717, 1.165) is 18.2 Å². The Morgan fingerprint density at radius 1 is 1.11 bits per heavy atom. The number of carbonyl (C=O) groups is 4. The Morgan fingerprint density at radius 3 is 2.36 bits per heavy atom. The van der Waals surface area contributed by atoms with Crippen molar-refractivity contribution in [1.82, 2.24) is 15.0 Å². The first kappa shape index (κ1) is 26.0. The number of imide groups is 1. The fraction of sp³-hybridized carbons (Fsp3) is 0.273. The summed E-state index contributed by atoms with van der Waals surface area (Å²) in [6.45, 7) is -0.0893. The van der Waals surface area contributed by atoms with Gasteiger partial charge >= 0.3 is 5.92 Å². The molecule has 14 heteroatoms. The summed E-state index contributed by atoms with van der Waals surface area (Å²) in [5.74, 6) is -7.61. The molecule has 2 aromatic carbocycles. The predicted octanol–water partition coefficient (Wildman–Crippen LogP) is 0.0462. The van der Waals surface area contributed by atoms with E-state index in [2.05, 4.69) is 5.32 Å². The number of halogens is 3. The molecule has 2 heterocycles. The van der Waals surface area contributed by atoms with Crippen molar-refractivity contribution in [2.24, 2.45) is 0 Å². The summed E-state index contributed by atoms with van der Waals surface area (Å²) in [6.07, 6.45) is 0.178. The lowest BCUT2D eigenvalue weighted by Gasteiger charge is -2.40. The van der Waals surface area contributed by atoms with E-state index in [4.69, 9.17) is 43.1 Å². The normalized spacial score (nSPS) is 18.1. The molecule has 36 heavy (non-hydrogen) atoms. The molecule has 0 aliphatic carbocycles. The first-order valence-electron chi connectivity index (χ1n) is 10.6. The summed E-state index contributed by atoms with van der Waals surface area (Å²) in [5, 5.41) is -0.0893. The molecule has 1 unspecified atom stereocenters. The van der Waals surface area contributed by atoms with Gasteiger partial charge < -0.3 is 9.71 Å². The molecule has 174 valence electrons. The molecule has 0 saturated carbocycles. The van der Waals surface area contributed by atoms with Gasteiger partial charge in [-0.05, 0) is 35.0 Å². The molecule has 2 aliphatic heterocycles. The van der Waals surface area contributed by atoms with Crippen LogP contribution in [0.25, 0.3) is 0 Å². The van der Waals surface area contributed by atoms with Crippen LogP contribution in [0, 0.1) is 0 Å². The summed E-state index contributed by atoms with van der Waals surface area (Å²) in [5.41, 5.74) is -0.541. The van der Waals surface area contributed by atoms with Crippen molar-refractivity contribution in [2.45, 2.75) is 36.7 Å². The predicted molar refractivity (Wildman–Crippen MR) is 129 cm³/mol. The summed E-state index contributed by atoms with van der Waals surface area (Å²) < 4.78 is 29.8. The lowest BCUT2D eigenvalue weighted by Crippen LogP contribution is -2.54. The first-order chi connectivity index (χ1) is 16.7. The molecule has 7 nitrogen and oxygen atoms in total. The number of fused-ring (bicyclic) bond motifs is 1. The second kappa shape index (κ2) is 9.10. The van der Waals surface area contributed by atoms with Crippen LogP contribution in [-0.2, 0) is 32.2 Å². The Labute approximate surface area is 215 Å². The zero-order valence-electron chi connectivity index (χ0n) is 18.6. The Balaban J connectivity index is 1.62. The monoisotopic (exact) mass is 501 g/mol. The summed E-state index contributed by atoms with van der Waals surface area (Å²) in [4.78, 5) is 50.6. The van der Waals surface area contributed by atoms with Crippen molar-refractivity contribution in [3.8, 4) is 0 Å². The second-order valence-corrected chi connectivity index (χ2v) is 9.02. The molecule has 1 saturated heterocycles. The molecule has 8 radical (unpaired) electrons. The number of hydrogen-bond donors (Lipinski definition) is 1. The van der Waals surface area contributed by atoms with E-state index in [1.165, 1.54) is 23.1 Å². The molecule has 0 spiro atoms. The largest absolute Gasteiger partial charge is 0.398 e. The number of nitrogens with zero attached hydrogens (tertiary/aromatic N) is 2. The van der Waals surface area contributed by atoms with Crippen molar-refractivity contribution < 1.29 is 28.0 Å². The molecule has 1 atom stereocenters. The van der Waals surface area contributed by atoms with E-state index in [-0.39, 0.29) is 45.8 Å². The van der Waals surface area contributed by atoms with Gasteiger partial charge in [0.2, 0.25) is 19.8 Å². The Bertz CT molecular complexity index is 1290. The van der Waals surface area contributed by atoms with Crippen molar-refractivity contribution in [1.29, 1.82) is 0 Å². The van der Waals surface area contributed by atoms with Crippen LogP contribution in [0.3, 0.4) is 0 Å². The van der Waals surface area contributed by atoms with Crippen LogP contribution >= 0.6 is 11.6 Å². The van der Waals surface area contributed by atoms with Gasteiger partial charge in [0.05, 0.1) is 15.7 Å². The molecule has 0 aromatic heterocycles. The van der Waals surface area contributed by atoms with Crippen molar-refractivity contribution in [2.75, 3.05) is 0 Å². The van der Waals surface area contributed by atoms with E-state index < -0.39 is 46.5 Å². The Morgan fingerprint density at radius 2 is 1.75 bits per heavy atom. The van der Waals surface area contributed by atoms with Gasteiger partial charge in [-0.3, -0.25) is 24.5 Å². The lowest BCUT2D eigenvalue weighted by molar-refractivity contribution is -0.155. The molecule has 2 aliphatic rings. The first-order valence-corrected chi connectivity index (χ1v) is 11.0. The molecule has 1 N–H and O–H groups in total. The maximum atomic E-state index is 14.9. The number of benzene rings is 2. The Hall–Kier alpha value is -3.07. The molecular formula is C22H14B4ClF2N3O4. The number of rotatable bonds is 5. The van der Waals surface area contributed by atoms with Crippen LogP contribution in [0.2, 0.25) is 5.02 Å². The lowest BCUT2D eigenvalue weighted by atomic mass is 9.55. The van der Waals surface area contributed by atoms with E-state index >= 15 is 0 Å². The maximum Gasteiger partial charge on any atom is 0.348 e. The molecule has 2 aromatic rings. The third kappa shape index (κ3) is 4.34. The number of amides is 4. The molecular weight excluding hydrogens is 487 g/mol. The zero-order chi connectivity index (χ0) is 26.6. The van der Waals surface area contributed by atoms with Gasteiger partial charge in [0.1, 0.15) is 13.9 Å². The highest BCUT2D eigenvalue weighted by Crippen LogP contribution is 2.35. The number of carbonyl (C=O) groups excluding carboxylic acids is 4. The summed E-state index contributed by atoms with van der Waals surface area (Å²) >= 11 is 5.72. The minimum absolute atomic E-state index is 0.00247. The van der Waals surface area contributed by atoms with Crippen LogP contribution in [0.4, 0.5) is 8.78 Å². The van der Waals surface area contributed by atoms with Crippen LogP contribution in [0.5, 0.6) is 0 Å². The Kier molecular flexibility index (Phi) is 6.58. The van der Waals surface area contributed by atoms with E-state index in [1.807, 2.05) is 0 Å². The zero-order valence-corrected chi connectivity index (χ0v) is 19.4. The number of piperidine rings is 1. The fourth-order valence-electron chi connectivity index (χ4n) is 4.21. The van der Waals surface area contributed by atoms with Crippen LogP contribution in [0.15, 0.2) is 36.4 Å². The minimum Gasteiger partial charge on any atom is -0.398 e. The fourth-order valence-corrected chi connectivity index (χ4v) is 4.34. The van der Waals surface area contributed by atoms with Crippen LogP contribution < -0.4 is 10.8 Å². The smallest absolute Gasteiger partial charge is 0.348 e. The third-order valence-electron chi connectivity index (χ3n) is 6.21. The summed E-state index contributed by atoms with van der Waals surface area (Å²) in [6, 6.07) is 5.85. The average molecular weight is 501 g/mol. The summed E-state index contributed by atoms with van der Waals surface area (Å²) in [7, 11) is 23.8. The van der Waals surface area contributed by atoms with Gasteiger partial charge in [-0.25, -0.2) is 0 Å². The molecule has 4 amide bonds. The standard InChI is InChI=1S/C22H14B4ClF2N3O4/c23-14-8-12(7-10-9-31(19(35)17(10)14)15-5-6-16(33)30-18(15)34)22(24,25)32(26)20(36)21(28,29)11-1-3-13(27)4-2-11/h1-4,7-8,15H,5-6,9H2,(H,30,33,34). The van der Waals surface area contributed by atoms with Gasteiger partial charge in [-0.15, -0.1) is 0 Å². The quantitative estimate of drug-likeness (QED) is 0.464. The van der Waals surface area contributed by atoms with E-state index in [0.29, 0.717) is 5.56 Å².